The Morgan fingerprint density at radius 3 is 2.52 bits per heavy atom. The maximum Gasteiger partial charge on any atom is 0.352 e. The molecule has 1 aromatic rings. The summed E-state index contributed by atoms with van der Waals surface area (Å²) in [5, 5.41) is 8.98. The van der Waals surface area contributed by atoms with Crippen LogP contribution in [0.3, 0.4) is 0 Å². The molecule has 1 aliphatic heterocycles. The van der Waals surface area contributed by atoms with Gasteiger partial charge in [-0.1, -0.05) is 6.92 Å². The highest BCUT2D eigenvalue weighted by Crippen LogP contribution is 2.17. The molecular weight excluding hydrogens is 294 g/mol. The predicted octanol–water partition coefficient (Wildman–Crippen LogP) is 0.486. The Morgan fingerprint density at radius 1 is 1.43 bits per heavy atom. The van der Waals surface area contributed by atoms with Crippen LogP contribution < -0.4 is 4.72 Å². The molecule has 0 aromatic carbocycles. The van der Waals surface area contributed by atoms with Crippen molar-refractivity contribution < 1.29 is 18.3 Å². The summed E-state index contributed by atoms with van der Waals surface area (Å²) in [5.41, 5.74) is -0.0452. The highest BCUT2D eigenvalue weighted by Gasteiger charge is 2.26. The molecule has 1 saturated heterocycles. The summed E-state index contributed by atoms with van der Waals surface area (Å²) in [5.74, 6) is -1.14. The van der Waals surface area contributed by atoms with Gasteiger partial charge in [0.25, 0.3) is 0 Å². The third-order valence-corrected chi connectivity index (χ3v) is 5.35. The fourth-order valence-electron chi connectivity index (χ4n) is 2.55. The summed E-state index contributed by atoms with van der Waals surface area (Å²) in [4.78, 5) is 13.3. The van der Waals surface area contributed by atoms with E-state index in [9.17, 15) is 13.2 Å². The Balaban J connectivity index is 2.09. The summed E-state index contributed by atoms with van der Waals surface area (Å²) in [6.45, 7) is 4.81. The number of carboxylic acids is 1. The quantitative estimate of drug-likeness (QED) is 0.825. The maximum absolute atomic E-state index is 12.3. The Bertz CT molecular complexity index is 615. The largest absolute Gasteiger partial charge is 0.477 e. The van der Waals surface area contributed by atoms with Gasteiger partial charge in [-0.15, -0.1) is 0 Å². The van der Waals surface area contributed by atoms with Crippen LogP contribution in [0.4, 0.5) is 0 Å². The van der Waals surface area contributed by atoms with Crippen molar-refractivity contribution in [1.29, 1.82) is 0 Å². The van der Waals surface area contributed by atoms with E-state index in [4.69, 9.17) is 5.11 Å². The van der Waals surface area contributed by atoms with Crippen molar-refractivity contribution in [3.63, 3.8) is 0 Å². The number of hydrogen-bond acceptors (Lipinski definition) is 4. The summed E-state index contributed by atoms with van der Waals surface area (Å²) in [6.07, 6.45) is 2.87. The molecule has 21 heavy (non-hydrogen) atoms. The molecule has 1 aliphatic rings. The van der Waals surface area contributed by atoms with Gasteiger partial charge in [0.05, 0.1) is 0 Å². The number of aryl methyl sites for hydroxylation is 1. The molecule has 0 atom stereocenters. The van der Waals surface area contributed by atoms with E-state index in [1.54, 1.807) is 0 Å². The van der Waals surface area contributed by atoms with Crippen molar-refractivity contribution in [2.45, 2.75) is 30.7 Å². The van der Waals surface area contributed by atoms with Gasteiger partial charge in [0, 0.05) is 19.3 Å². The van der Waals surface area contributed by atoms with Crippen LogP contribution >= 0.6 is 0 Å². The van der Waals surface area contributed by atoms with Crippen LogP contribution in [0.15, 0.2) is 17.2 Å². The van der Waals surface area contributed by atoms with E-state index in [-0.39, 0.29) is 16.6 Å². The first-order valence-electron chi connectivity index (χ1n) is 6.98. The molecule has 0 unspecified atom stereocenters. The second-order valence-corrected chi connectivity index (χ2v) is 7.02. The number of aromatic nitrogens is 1. The van der Waals surface area contributed by atoms with Crippen LogP contribution in [-0.4, -0.2) is 54.6 Å². The van der Waals surface area contributed by atoms with Crippen molar-refractivity contribution in [3.8, 4) is 0 Å². The van der Waals surface area contributed by atoms with Gasteiger partial charge in [0.15, 0.2) is 0 Å². The number of nitrogens with one attached hydrogen (secondary N) is 1. The number of carbonyl (C=O) groups is 1. The number of carboxylic acid groups (broad SMARTS) is 1. The number of aromatic carboxylic acids is 1. The summed E-state index contributed by atoms with van der Waals surface area (Å²) in [7, 11) is -2.16. The van der Waals surface area contributed by atoms with E-state index in [0.29, 0.717) is 0 Å². The lowest BCUT2D eigenvalue weighted by Crippen LogP contribution is -2.44. The molecule has 8 heteroatoms. The topological polar surface area (TPSA) is 91.6 Å². The third-order valence-electron chi connectivity index (χ3n) is 3.87. The highest BCUT2D eigenvalue weighted by molar-refractivity contribution is 7.89. The summed E-state index contributed by atoms with van der Waals surface area (Å²) in [6, 6.07) is 1.09. The van der Waals surface area contributed by atoms with Crippen molar-refractivity contribution in [2.75, 3.05) is 19.6 Å². The molecule has 0 radical (unpaired) electrons. The van der Waals surface area contributed by atoms with Crippen molar-refractivity contribution >= 4 is 16.0 Å². The zero-order valence-electron chi connectivity index (χ0n) is 12.2. The minimum absolute atomic E-state index is 0.000297. The van der Waals surface area contributed by atoms with Crippen molar-refractivity contribution in [1.82, 2.24) is 14.2 Å². The number of hydrogen-bond donors (Lipinski definition) is 2. The molecule has 0 aliphatic carbocycles. The molecule has 7 nitrogen and oxygen atoms in total. The second-order valence-electron chi connectivity index (χ2n) is 5.31. The Kier molecular flexibility index (Phi) is 4.70. The van der Waals surface area contributed by atoms with Gasteiger partial charge >= 0.3 is 5.97 Å². The third kappa shape index (κ3) is 3.63. The zero-order valence-corrected chi connectivity index (χ0v) is 13.1. The smallest absolute Gasteiger partial charge is 0.352 e. The Morgan fingerprint density at radius 2 is 2.05 bits per heavy atom. The zero-order chi connectivity index (χ0) is 15.6. The number of likely N-dealkylation sites (tertiary alicyclic amines) is 1. The van der Waals surface area contributed by atoms with E-state index < -0.39 is 16.0 Å². The van der Waals surface area contributed by atoms with Gasteiger partial charge in [0.1, 0.15) is 10.6 Å². The lowest BCUT2D eigenvalue weighted by Gasteiger charge is -2.31. The van der Waals surface area contributed by atoms with Gasteiger partial charge in [0.2, 0.25) is 10.0 Å². The summed E-state index contributed by atoms with van der Waals surface area (Å²) < 4.78 is 28.6. The molecule has 2 rings (SSSR count). The lowest BCUT2D eigenvalue weighted by atomic mass is 10.1. The summed E-state index contributed by atoms with van der Waals surface area (Å²) >= 11 is 0. The van der Waals surface area contributed by atoms with Gasteiger partial charge in [-0.3, -0.25) is 0 Å². The SMILES string of the molecule is CCN1CCC(NS(=O)(=O)c2cc(C(=O)O)n(C)c2)CC1. The molecular formula is C13H21N3O4S. The van der Waals surface area contributed by atoms with Gasteiger partial charge < -0.3 is 14.6 Å². The van der Waals surface area contributed by atoms with Crippen LogP contribution in [0.2, 0.25) is 0 Å². The fraction of sp³-hybridized carbons (Fsp3) is 0.615. The predicted molar refractivity (Wildman–Crippen MR) is 77.8 cm³/mol. The molecule has 118 valence electrons. The average molecular weight is 315 g/mol. The molecule has 0 bridgehead atoms. The van der Waals surface area contributed by atoms with Crippen LogP contribution in [-0.2, 0) is 17.1 Å². The Hall–Kier alpha value is -1.38. The molecule has 2 N–H and O–H groups in total. The first-order chi connectivity index (χ1) is 9.83. The minimum Gasteiger partial charge on any atom is -0.477 e. The first kappa shape index (κ1) is 16.0. The van der Waals surface area contributed by atoms with Crippen LogP contribution in [0.1, 0.15) is 30.3 Å². The molecule has 0 amide bonds. The monoisotopic (exact) mass is 315 g/mol. The molecule has 2 heterocycles. The Labute approximate surface area is 124 Å². The molecule has 1 aromatic heterocycles. The standard InChI is InChI=1S/C13H21N3O4S/c1-3-16-6-4-10(5-7-16)14-21(19,20)11-8-12(13(17)18)15(2)9-11/h8-10,14H,3-7H2,1-2H3,(H,17,18). The van der Waals surface area contributed by atoms with E-state index in [1.807, 2.05) is 0 Å². The molecule has 0 saturated carbocycles. The van der Waals surface area contributed by atoms with E-state index >= 15 is 0 Å². The number of piperidine rings is 1. The van der Waals surface area contributed by atoms with Gasteiger partial charge in [-0.25, -0.2) is 17.9 Å². The number of nitrogens with zero attached hydrogens (tertiary/aromatic N) is 2. The van der Waals surface area contributed by atoms with E-state index in [0.717, 1.165) is 32.5 Å². The van der Waals surface area contributed by atoms with E-state index in [1.165, 1.54) is 23.9 Å². The number of sulfonamides is 1. The van der Waals surface area contributed by atoms with Gasteiger partial charge in [-0.2, -0.15) is 0 Å². The minimum atomic E-state index is -3.67. The fourth-order valence-corrected chi connectivity index (χ4v) is 3.92. The first-order valence-corrected chi connectivity index (χ1v) is 8.46. The molecule has 1 fully saturated rings. The normalized spacial score (nSPS) is 18.0. The van der Waals surface area contributed by atoms with Gasteiger partial charge in [-0.05, 0) is 38.5 Å². The lowest BCUT2D eigenvalue weighted by molar-refractivity contribution is 0.0686. The van der Waals surface area contributed by atoms with Crippen LogP contribution in [0.5, 0.6) is 0 Å². The molecule has 0 spiro atoms. The van der Waals surface area contributed by atoms with Crippen LogP contribution in [0, 0.1) is 0 Å². The average Bonchev–Trinajstić information content (AvgIpc) is 2.82. The van der Waals surface area contributed by atoms with Crippen molar-refractivity contribution in [2.24, 2.45) is 7.05 Å². The highest BCUT2D eigenvalue weighted by atomic mass is 32.2. The van der Waals surface area contributed by atoms with E-state index in [2.05, 4.69) is 16.5 Å². The maximum atomic E-state index is 12.3. The number of rotatable bonds is 5. The second kappa shape index (κ2) is 6.17. The van der Waals surface area contributed by atoms with Crippen LogP contribution in [0.25, 0.3) is 0 Å². The van der Waals surface area contributed by atoms with Crippen molar-refractivity contribution in [3.05, 3.63) is 18.0 Å².